The largest absolute Gasteiger partial charge is 0.371 e. The molecule has 1 saturated heterocycles. The van der Waals surface area contributed by atoms with Crippen LogP contribution in [0.25, 0.3) is 0 Å². The van der Waals surface area contributed by atoms with E-state index in [-0.39, 0.29) is 5.60 Å². The summed E-state index contributed by atoms with van der Waals surface area (Å²) >= 11 is 0. The fourth-order valence-electron chi connectivity index (χ4n) is 2.33. The lowest BCUT2D eigenvalue weighted by atomic mass is 10.0. The second kappa shape index (κ2) is 6.51. The molecule has 0 bridgehead atoms. The first kappa shape index (κ1) is 14.5. The Bertz CT molecular complexity index is 374. The third-order valence-electron chi connectivity index (χ3n) is 3.79. The third kappa shape index (κ3) is 4.30. The van der Waals surface area contributed by atoms with Gasteiger partial charge in [-0.15, -0.1) is 0 Å². The van der Waals surface area contributed by atoms with E-state index in [0.29, 0.717) is 6.04 Å². The van der Waals surface area contributed by atoms with Crippen LogP contribution in [-0.4, -0.2) is 42.8 Å². The summed E-state index contributed by atoms with van der Waals surface area (Å²) < 4.78 is 5.98. The van der Waals surface area contributed by atoms with Crippen molar-refractivity contribution in [3.63, 3.8) is 0 Å². The number of hydrogen-bond donors (Lipinski definition) is 1. The molecular weight excluding hydrogens is 236 g/mol. The number of benzene rings is 1. The number of rotatable bonds is 7. The Labute approximate surface area is 116 Å². The van der Waals surface area contributed by atoms with E-state index in [0.717, 1.165) is 32.8 Å². The molecule has 1 heterocycles. The third-order valence-corrected chi connectivity index (χ3v) is 3.79. The molecule has 1 N–H and O–H groups in total. The summed E-state index contributed by atoms with van der Waals surface area (Å²) in [6.45, 7) is 11.4. The van der Waals surface area contributed by atoms with Crippen LogP contribution in [0.4, 0.5) is 0 Å². The molecule has 0 radical (unpaired) electrons. The Morgan fingerprint density at radius 2 is 1.95 bits per heavy atom. The quantitative estimate of drug-likeness (QED) is 0.816. The maximum absolute atomic E-state index is 5.98. The molecule has 19 heavy (non-hydrogen) atoms. The average Bonchev–Trinajstić information content (AvgIpc) is 2.36. The van der Waals surface area contributed by atoms with Crippen LogP contribution in [0, 0.1) is 0 Å². The Morgan fingerprint density at radius 1 is 1.26 bits per heavy atom. The van der Waals surface area contributed by atoms with Crippen molar-refractivity contribution in [2.45, 2.75) is 39.0 Å². The summed E-state index contributed by atoms with van der Waals surface area (Å²) in [5, 5.41) is 3.26. The first-order valence-corrected chi connectivity index (χ1v) is 7.22. The van der Waals surface area contributed by atoms with Gasteiger partial charge in [0.05, 0.1) is 12.2 Å². The molecule has 1 fully saturated rings. The molecule has 106 valence electrons. The molecule has 1 aliphatic rings. The van der Waals surface area contributed by atoms with Gasteiger partial charge in [0.25, 0.3) is 0 Å². The predicted octanol–water partition coefficient (Wildman–Crippen LogP) is 2.28. The first-order valence-electron chi connectivity index (χ1n) is 7.22. The molecule has 2 rings (SSSR count). The summed E-state index contributed by atoms with van der Waals surface area (Å²) in [7, 11) is 0. The SMILES string of the molecule is CC(C)N(CCOC1(C)CNC1)Cc1ccccc1. The lowest BCUT2D eigenvalue weighted by molar-refractivity contribution is -0.0743. The minimum Gasteiger partial charge on any atom is -0.371 e. The van der Waals surface area contributed by atoms with Crippen LogP contribution in [0.2, 0.25) is 0 Å². The van der Waals surface area contributed by atoms with Gasteiger partial charge in [-0.2, -0.15) is 0 Å². The zero-order valence-electron chi connectivity index (χ0n) is 12.4. The van der Waals surface area contributed by atoms with Crippen LogP contribution in [0.5, 0.6) is 0 Å². The minimum atomic E-state index is 0.0649. The Balaban J connectivity index is 1.79. The maximum atomic E-state index is 5.98. The highest BCUT2D eigenvalue weighted by atomic mass is 16.5. The first-order chi connectivity index (χ1) is 9.09. The van der Waals surface area contributed by atoms with Crippen molar-refractivity contribution in [1.29, 1.82) is 0 Å². The molecule has 1 aromatic rings. The van der Waals surface area contributed by atoms with Crippen molar-refractivity contribution < 1.29 is 4.74 Å². The van der Waals surface area contributed by atoms with Crippen molar-refractivity contribution in [3.05, 3.63) is 35.9 Å². The fraction of sp³-hybridized carbons (Fsp3) is 0.625. The summed E-state index contributed by atoms with van der Waals surface area (Å²) in [6.07, 6.45) is 0. The number of nitrogens with one attached hydrogen (secondary N) is 1. The number of ether oxygens (including phenoxy) is 1. The van der Waals surface area contributed by atoms with Crippen molar-refractivity contribution in [3.8, 4) is 0 Å². The lowest BCUT2D eigenvalue weighted by Gasteiger charge is -2.39. The fourth-order valence-corrected chi connectivity index (χ4v) is 2.33. The van der Waals surface area contributed by atoms with Gasteiger partial charge in [-0.3, -0.25) is 4.90 Å². The van der Waals surface area contributed by atoms with Crippen molar-refractivity contribution in [2.24, 2.45) is 0 Å². The summed E-state index contributed by atoms with van der Waals surface area (Å²) in [5.74, 6) is 0. The summed E-state index contributed by atoms with van der Waals surface area (Å²) in [6, 6.07) is 11.2. The Hall–Kier alpha value is -0.900. The molecule has 0 amide bonds. The number of hydrogen-bond acceptors (Lipinski definition) is 3. The molecule has 1 aromatic carbocycles. The topological polar surface area (TPSA) is 24.5 Å². The molecule has 0 spiro atoms. The van der Waals surface area contributed by atoms with E-state index in [4.69, 9.17) is 4.74 Å². The van der Waals surface area contributed by atoms with E-state index in [1.54, 1.807) is 0 Å². The van der Waals surface area contributed by atoms with Gasteiger partial charge in [0.1, 0.15) is 0 Å². The molecule has 1 aliphatic heterocycles. The zero-order chi connectivity index (χ0) is 13.7. The van der Waals surface area contributed by atoms with Crippen LogP contribution in [0.3, 0.4) is 0 Å². The van der Waals surface area contributed by atoms with Crippen LogP contribution in [0.1, 0.15) is 26.3 Å². The van der Waals surface area contributed by atoms with E-state index in [1.807, 2.05) is 0 Å². The van der Waals surface area contributed by atoms with Gasteiger partial charge in [-0.05, 0) is 26.3 Å². The van der Waals surface area contributed by atoms with E-state index in [2.05, 4.69) is 61.3 Å². The van der Waals surface area contributed by atoms with Gasteiger partial charge < -0.3 is 10.1 Å². The van der Waals surface area contributed by atoms with Crippen LogP contribution >= 0.6 is 0 Å². The second-order valence-electron chi connectivity index (χ2n) is 5.95. The van der Waals surface area contributed by atoms with Gasteiger partial charge in [-0.1, -0.05) is 30.3 Å². The molecule has 0 saturated carbocycles. The van der Waals surface area contributed by atoms with E-state index >= 15 is 0 Å². The summed E-state index contributed by atoms with van der Waals surface area (Å²) in [4.78, 5) is 2.46. The maximum Gasteiger partial charge on any atom is 0.0902 e. The lowest BCUT2D eigenvalue weighted by Crippen LogP contribution is -2.59. The van der Waals surface area contributed by atoms with Gasteiger partial charge in [0, 0.05) is 32.2 Å². The Kier molecular flexibility index (Phi) is 4.97. The predicted molar refractivity (Wildman–Crippen MR) is 79.2 cm³/mol. The summed E-state index contributed by atoms with van der Waals surface area (Å²) in [5.41, 5.74) is 1.43. The van der Waals surface area contributed by atoms with Crippen molar-refractivity contribution >= 4 is 0 Å². The van der Waals surface area contributed by atoms with E-state index in [9.17, 15) is 0 Å². The molecular formula is C16H26N2O. The molecule has 3 heteroatoms. The minimum absolute atomic E-state index is 0.0649. The van der Waals surface area contributed by atoms with Crippen LogP contribution in [-0.2, 0) is 11.3 Å². The smallest absolute Gasteiger partial charge is 0.0902 e. The molecule has 3 nitrogen and oxygen atoms in total. The highest BCUT2D eigenvalue weighted by molar-refractivity contribution is 5.14. The van der Waals surface area contributed by atoms with Gasteiger partial charge in [0.15, 0.2) is 0 Å². The Morgan fingerprint density at radius 3 is 2.47 bits per heavy atom. The van der Waals surface area contributed by atoms with E-state index in [1.165, 1.54) is 5.56 Å². The number of nitrogens with zero attached hydrogens (tertiary/aromatic N) is 1. The van der Waals surface area contributed by atoms with E-state index < -0.39 is 0 Å². The van der Waals surface area contributed by atoms with Gasteiger partial charge in [-0.25, -0.2) is 0 Å². The monoisotopic (exact) mass is 262 g/mol. The van der Waals surface area contributed by atoms with Crippen molar-refractivity contribution in [1.82, 2.24) is 10.2 Å². The second-order valence-corrected chi connectivity index (χ2v) is 5.95. The molecule has 0 aliphatic carbocycles. The average molecular weight is 262 g/mol. The van der Waals surface area contributed by atoms with Gasteiger partial charge in [0.2, 0.25) is 0 Å². The highest BCUT2D eigenvalue weighted by Crippen LogP contribution is 2.15. The van der Waals surface area contributed by atoms with Gasteiger partial charge >= 0.3 is 0 Å². The van der Waals surface area contributed by atoms with Crippen LogP contribution < -0.4 is 5.32 Å². The van der Waals surface area contributed by atoms with Crippen LogP contribution in [0.15, 0.2) is 30.3 Å². The van der Waals surface area contributed by atoms with Crippen molar-refractivity contribution in [2.75, 3.05) is 26.2 Å². The highest BCUT2D eigenvalue weighted by Gasteiger charge is 2.32. The standard InChI is InChI=1S/C16H26N2O/c1-14(2)18(11-15-7-5-4-6-8-15)9-10-19-16(3)12-17-13-16/h4-8,14,17H,9-13H2,1-3H3. The molecule has 0 aromatic heterocycles. The molecule has 0 atom stereocenters. The molecule has 0 unspecified atom stereocenters. The normalized spacial score (nSPS) is 17.7. The zero-order valence-corrected chi connectivity index (χ0v) is 12.4.